The lowest BCUT2D eigenvalue weighted by Gasteiger charge is -2.40. The van der Waals surface area contributed by atoms with Crippen LogP contribution in [0.2, 0.25) is 18.1 Å². The molecule has 3 N–H and O–H groups in total. The zero-order chi connectivity index (χ0) is 38.1. The second-order valence-corrected chi connectivity index (χ2v) is 19.4. The van der Waals surface area contributed by atoms with E-state index in [9.17, 15) is 14.7 Å². The topological polar surface area (TPSA) is 159 Å². The number of benzene rings is 3. The Morgan fingerprint density at radius 2 is 1.51 bits per heavy atom. The van der Waals surface area contributed by atoms with E-state index < -0.39 is 49.9 Å². The highest BCUT2D eigenvalue weighted by Gasteiger charge is 2.52. The van der Waals surface area contributed by atoms with Gasteiger partial charge in [-0.2, -0.15) is 4.98 Å². The minimum Gasteiger partial charge on any atom is -0.497 e. The summed E-state index contributed by atoms with van der Waals surface area (Å²) in [5.74, 6) is 0.937. The number of imidazole rings is 1. The molecule has 4 atom stereocenters. The van der Waals surface area contributed by atoms with E-state index in [-0.39, 0.29) is 28.8 Å². The number of aliphatic hydroxyl groups is 1. The number of ether oxygens (including phenoxy) is 4. The number of carbonyl (C=O) groups excluding carboxylic acids is 1. The summed E-state index contributed by atoms with van der Waals surface area (Å²) in [6, 6.07) is 25.2. The maximum absolute atomic E-state index is 13.0. The van der Waals surface area contributed by atoms with Gasteiger partial charge in [0.05, 0.1) is 27.2 Å². The van der Waals surface area contributed by atoms with E-state index in [4.69, 9.17) is 23.4 Å². The van der Waals surface area contributed by atoms with Crippen molar-refractivity contribution in [3.05, 3.63) is 112 Å². The molecule has 5 aromatic rings. The summed E-state index contributed by atoms with van der Waals surface area (Å²) in [7, 11) is 0.710. The van der Waals surface area contributed by atoms with E-state index >= 15 is 0 Å². The zero-order valence-corrected chi connectivity index (χ0v) is 32.2. The van der Waals surface area contributed by atoms with Gasteiger partial charge in [-0.15, -0.1) is 0 Å². The molecule has 2 aromatic heterocycles. The molecule has 0 radical (unpaired) electrons. The number of methoxy groups -OCH3 is 2. The zero-order valence-electron chi connectivity index (χ0n) is 31.2. The quantitative estimate of drug-likeness (QED) is 0.106. The highest BCUT2D eigenvalue weighted by molar-refractivity contribution is 6.74. The summed E-state index contributed by atoms with van der Waals surface area (Å²) in [5, 5.41) is 14.5. The summed E-state index contributed by atoms with van der Waals surface area (Å²) in [4.78, 5) is 36.2. The lowest BCUT2D eigenvalue weighted by molar-refractivity contribution is -0.114. The summed E-state index contributed by atoms with van der Waals surface area (Å²) in [6.45, 7) is 11.8. The number of nitrogens with zero attached hydrogens (tertiary/aromatic N) is 3. The van der Waals surface area contributed by atoms with Gasteiger partial charge in [0.25, 0.3) is 5.56 Å². The molecule has 6 rings (SSSR count). The number of fused-ring (bicyclic) bond motifs is 1. The van der Waals surface area contributed by atoms with Crippen molar-refractivity contribution in [2.24, 2.45) is 0 Å². The molecule has 14 heteroatoms. The summed E-state index contributed by atoms with van der Waals surface area (Å²) in [5.41, 5.74) is 0.998. The number of anilines is 1. The van der Waals surface area contributed by atoms with Crippen LogP contribution in [-0.4, -0.2) is 78.0 Å². The van der Waals surface area contributed by atoms with Crippen LogP contribution >= 0.6 is 0 Å². The van der Waals surface area contributed by atoms with E-state index in [0.29, 0.717) is 11.5 Å². The first-order valence-corrected chi connectivity index (χ1v) is 20.3. The van der Waals surface area contributed by atoms with Gasteiger partial charge in [0, 0.05) is 6.92 Å². The molecule has 13 nitrogen and oxygen atoms in total. The third-order valence-electron chi connectivity index (χ3n) is 10.2. The number of H-pyrrole nitrogens is 1. The van der Waals surface area contributed by atoms with Crippen molar-refractivity contribution in [3.8, 4) is 11.5 Å². The van der Waals surface area contributed by atoms with Crippen LogP contribution in [0.15, 0.2) is 90.0 Å². The number of aromatic amines is 1. The molecular weight excluding hydrogens is 695 g/mol. The first-order chi connectivity index (χ1) is 25.2. The molecule has 0 saturated carbocycles. The molecule has 280 valence electrons. The molecule has 1 saturated heterocycles. The monoisotopic (exact) mass is 741 g/mol. The van der Waals surface area contributed by atoms with Gasteiger partial charge in [-0.05, 0) is 59.1 Å². The van der Waals surface area contributed by atoms with Crippen LogP contribution in [0.4, 0.5) is 5.95 Å². The number of aliphatic hydroxyl groups excluding tert-OH is 1. The Kier molecular flexibility index (Phi) is 10.6. The third kappa shape index (κ3) is 7.37. The summed E-state index contributed by atoms with van der Waals surface area (Å²) >= 11 is 0. The Morgan fingerprint density at radius 1 is 0.943 bits per heavy atom. The van der Waals surface area contributed by atoms with Crippen LogP contribution in [0, 0.1) is 0 Å². The Hall–Kier alpha value is -4.86. The van der Waals surface area contributed by atoms with Crippen LogP contribution in [0.3, 0.4) is 0 Å². The van der Waals surface area contributed by atoms with Gasteiger partial charge in [-0.25, -0.2) is 4.98 Å². The molecule has 3 aromatic carbocycles. The van der Waals surface area contributed by atoms with Crippen molar-refractivity contribution < 1.29 is 33.3 Å². The SMILES string of the molecule is COc1ccc(C(OC[C@H]2O[C@@H](n3cnc4c(=O)[nH]c(NC(C)=O)nc43)C(O[Si](C)(C)C(C)(C)C)C2O)(c2ccccc2)c2ccc(OC)cc2)cc1. The molecule has 0 spiro atoms. The van der Waals surface area contributed by atoms with E-state index in [1.165, 1.54) is 13.3 Å². The molecular formula is C39H47N5O8Si. The highest BCUT2D eigenvalue weighted by Crippen LogP contribution is 2.45. The fourth-order valence-electron chi connectivity index (χ4n) is 6.34. The van der Waals surface area contributed by atoms with Crippen LogP contribution in [0.1, 0.15) is 50.6 Å². The fourth-order valence-corrected chi connectivity index (χ4v) is 7.63. The van der Waals surface area contributed by atoms with Gasteiger partial charge in [0.15, 0.2) is 25.7 Å². The number of hydrogen-bond acceptors (Lipinski definition) is 10. The molecule has 1 aliphatic rings. The first-order valence-electron chi connectivity index (χ1n) is 17.4. The van der Waals surface area contributed by atoms with Crippen LogP contribution in [0.25, 0.3) is 11.2 Å². The van der Waals surface area contributed by atoms with Crippen molar-refractivity contribution in [1.82, 2.24) is 19.5 Å². The maximum Gasteiger partial charge on any atom is 0.280 e. The van der Waals surface area contributed by atoms with Gasteiger partial charge < -0.3 is 28.5 Å². The molecule has 3 heterocycles. The van der Waals surface area contributed by atoms with Gasteiger partial charge in [0.2, 0.25) is 11.9 Å². The van der Waals surface area contributed by atoms with Crippen LogP contribution in [-0.2, 0) is 24.3 Å². The molecule has 0 bridgehead atoms. The maximum atomic E-state index is 13.0. The summed E-state index contributed by atoms with van der Waals surface area (Å²) in [6.07, 6.45) is -2.46. The van der Waals surface area contributed by atoms with Crippen molar-refractivity contribution in [2.45, 2.75) is 76.0 Å². The van der Waals surface area contributed by atoms with Gasteiger partial charge in [-0.3, -0.25) is 24.5 Å². The number of rotatable bonds is 12. The highest BCUT2D eigenvalue weighted by atomic mass is 28.4. The van der Waals surface area contributed by atoms with E-state index in [2.05, 4.69) is 54.1 Å². The smallest absolute Gasteiger partial charge is 0.280 e. The largest absolute Gasteiger partial charge is 0.497 e. The second kappa shape index (κ2) is 14.9. The number of hydrogen-bond donors (Lipinski definition) is 3. The molecule has 2 unspecified atom stereocenters. The Morgan fingerprint density at radius 3 is 2.04 bits per heavy atom. The standard InChI is InChI=1S/C39H47N5O8Si/c1-24(45)41-37-42-34-31(35(47)43-37)40-23-44(34)36-33(52-53(7,8)38(2,3)4)32(46)30(51-36)22-50-39(25-12-10-9-11-13-25,26-14-18-28(48-5)19-15-26)27-16-20-29(49-6)21-17-27/h9-21,23,30,32-33,36,46H,22H2,1-8H3,(H2,41,42,43,45,47)/t30-,32?,33?,36-/m1/s1. The number of carbonyl (C=O) groups is 1. The predicted octanol–water partition coefficient (Wildman–Crippen LogP) is 5.75. The lowest BCUT2D eigenvalue weighted by Crippen LogP contribution is -2.49. The number of amides is 1. The first kappa shape index (κ1) is 37.9. The molecule has 1 fully saturated rings. The van der Waals surface area contributed by atoms with Gasteiger partial charge in [0.1, 0.15) is 35.4 Å². The Labute approximate surface area is 309 Å². The molecule has 1 aliphatic heterocycles. The van der Waals surface area contributed by atoms with Crippen LogP contribution < -0.4 is 20.3 Å². The second-order valence-electron chi connectivity index (χ2n) is 14.6. The Balaban J connectivity index is 1.45. The van der Waals surface area contributed by atoms with Gasteiger partial charge in [-0.1, -0.05) is 75.4 Å². The normalized spacial score (nSPS) is 19.3. The van der Waals surface area contributed by atoms with Crippen molar-refractivity contribution in [3.63, 3.8) is 0 Å². The molecule has 1 amide bonds. The van der Waals surface area contributed by atoms with Crippen LogP contribution in [0.5, 0.6) is 11.5 Å². The van der Waals surface area contributed by atoms with E-state index in [0.717, 1.165) is 16.7 Å². The third-order valence-corrected chi connectivity index (χ3v) is 14.7. The average molecular weight is 742 g/mol. The van der Waals surface area contributed by atoms with E-state index in [1.807, 2.05) is 78.9 Å². The summed E-state index contributed by atoms with van der Waals surface area (Å²) < 4.78 is 33.3. The average Bonchev–Trinajstić information content (AvgIpc) is 3.69. The lowest BCUT2D eigenvalue weighted by atomic mass is 9.80. The van der Waals surface area contributed by atoms with Crippen molar-refractivity contribution >= 4 is 31.3 Å². The fraction of sp³-hybridized carbons (Fsp3) is 0.385. The van der Waals surface area contributed by atoms with Crippen molar-refractivity contribution in [1.29, 1.82) is 0 Å². The molecule has 53 heavy (non-hydrogen) atoms. The van der Waals surface area contributed by atoms with Crippen molar-refractivity contribution in [2.75, 3.05) is 26.1 Å². The minimum atomic E-state index is -2.53. The minimum absolute atomic E-state index is 0.0383. The predicted molar refractivity (Wildman–Crippen MR) is 203 cm³/mol. The molecule has 0 aliphatic carbocycles. The Bertz CT molecular complexity index is 2050. The number of nitrogens with one attached hydrogen (secondary N) is 2. The van der Waals surface area contributed by atoms with E-state index in [1.54, 1.807) is 18.8 Å². The number of aromatic nitrogens is 4. The van der Waals surface area contributed by atoms with Gasteiger partial charge >= 0.3 is 0 Å².